The molecule has 266 valence electrons. The molecule has 1 saturated carbocycles. The molecular formula is C39H42F2N6O4. The highest BCUT2D eigenvalue weighted by molar-refractivity contribution is 6.03. The maximum Gasteiger partial charge on any atom is 0.319 e. The fourth-order valence-corrected chi connectivity index (χ4v) is 8.94. The van der Waals surface area contributed by atoms with Crippen molar-refractivity contribution in [3.8, 4) is 35.4 Å². The van der Waals surface area contributed by atoms with Crippen LogP contribution >= 0.6 is 0 Å². The van der Waals surface area contributed by atoms with E-state index in [0.29, 0.717) is 61.5 Å². The zero-order valence-electron chi connectivity index (χ0n) is 28.8. The van der Waals surface area contributed by atoms with E-state index in [-0.39, 0.29) is 50.8 Å². The third-order valence-corrected chi connectivity index (χ3v) is 11.4. The summed E-state index contributed by atoms with van der Waals surface area (Å²) < 4.78 is 44.1. The lowest BCUT2D eigenvalue weighted by molar-refractivity contribution is -0.136. The molecule has 51 heavy (non-hydrogen) atoms. The van der Waals surface area contributed by atoms with Gasteiger partial charge in [0.25, 0.3) is 0 Å². The highest BCUT2D eigenvalue weighted by Gasteiger charge is 2.49. The molecule has 1 amide bonds. The monoisotopic (exact) mass is 696 g/mol. The molecule has 2 atom stereocenters. The van der Waals surface area contributed by atoms with E-state index in [1.54, 1.807) is 6.92 Å². The predicted molar refractivity (Wildman–Crippen MR) is 190 cm³/mol. The minimum Gasteiger partial charge on any atom is -0.508 e. The number of hydrogen-bond acceptors (Lipinski definition) is 9. The van der Waals surface area contributed by atoms with E-state index in [1.807, 2.05) is 4.90 Å². The van der Waals surface area contributed by atoms with E-state index < -0.39 is 11.6 Å². The van der Waals surface area contributed by atoms with Gasteiger partial charge in [0.2, 0.25) is 5.91 Å². The lowest BCUT2D eigenvalue weighted by Gasteiger charge is -2.49. The molecule has 3 saturated heterocycles. The van der Waals surface area contributed by atoms with Crippen molar-refractivity contribution >= 4 is 33.4 Å². The maximum absolute atomic E-state index is 16.9. The molecule has 4 fully saturated rings. The summed E-state index contributed by atoms with van der Waals surface area (Å²) in [5.74, 6) is 2.02. The van der Waals surface area contributed by atoms with Gasteiger partial charge in [-0.15, -0.1) is 6.42 Å². The van der Waals surface area contributed by atoms with Crippen molar-refractivity contribution in [1.29, 1.82) is 0 Å². The first-order chi connectivity index (χ1) is 24.7. The quantitative estimate of drug-likeness (QED) is 0.250. The van der Waals surface area contributed by atoms with Crippen LogP contribution in [0.1, 0.15) is 51.0 Å². The number of pyridine rings is 1. The predicted octanol–water partition coefficient (Wildman–Crippen LogP) is 5.53. The van der Waals surface area contributed by atoms with Crippen LogP contribution in [-0.2, 0) is 9.53 Å². The molecule has 0 bridgehead atoms. The summed E-state index contributed by atoms with van der Waals surface area (Å²) in [6, 6.07) is 5.98. The van der Waals surface area contributed by atoms with Crippen LogP contribution in [0.2, 0.25) is 0 Å². The summed E-state index contributed by atoms with van der Waals surface area (Å²) in [7, 11) is 0. The third kappa shape index (κ3) is 6.10. The largest absolute Gasteiger partial charge is 0.508 e. The van der Waals surface area contributed by atoms with Crippen molar-refractivity contribution in [2.75, 3.05) is 64.0 Å². The Labute approximate surface area is 295 Å². The molecule has 5 heterocycles. The van der Waals surface area contributed by atoms with Gasteiger partial charge in [-0.1, -0.05) is 18.4 Å². The van der Waals surface area contributed by atoms with Crippen molar-refractivity contribution in [3.63, 3.8) is 0 Å². The number of piperidine rings is 1. The summed E-state index contributed by atoms with van der Waals surface area (Å²) in [5.41, 5.74) is -0.0466. The number of terminal acetylenes is 1. The highest BCUT2D eigenvalue weighted by Crippen LogP contribution is 2.48. The minimum absolute atomic E-state index is 0.0195. The highest BCUT2D eigenvalue weighted by atomic mass is 19.1. The van der Waals surface area contributed by atoms with Crippen molar-refractivity contribution in [2.45, 2.75) is 51.5 Å². The molecule has 2 aromatic heterocycles. The molecule has 12 heteroatoms. The Morgan fingerprint density at radius 2 is 1.96 bits per heavy atom. The second kappa shape index (κ2) is 13.5. The van der Waals surface area contributed by atoms with Crippen LogP contribution in [0, 0.1) is 35.3 Å². The Morgan fingerprint density at radius 3 is 2.78 bits per heavy atom. The Bertz CT molecular complexity index is 2040. The number of phenolic OH excluding ortho intramolecular Hbond substituents is 1. The lowest BCUT2D eigenvalue weighted by Crippen LogP contribution is -2.58. The number of anilines is 1. The molecular weight excluding hydrogens is 654 g/mol. The van der Waals surface area contributed by atoms with Crippen LogP contribution in [0.5, 0.6) is 11.8 Å². The average Bonchev–Trinajstić information content (AvgIpc) is 3.35. The van der Waals surface area contributed by atoms with E-state index in [1.165, 1.54) is 30.5 Å². The van der Waals surface area contributed by atoms with Crippen molar-refractivity contribution in [1.82, 2.24) is 24.8 Å². The van der Waals surface area contributed by atoms with E-state index in [4.69, 9.17) is 20.9 Å². The molecule has 10 nitrogen and oxygen atoms in total. The van der Waals surface area contributed by atoms with Crippen LogP contribution in [0.25, 0.3) is 32.9 Å². The van der Waals surface area contributed by atoms with Crippen LogP contribution < -0.4 is 9.64 Å². The van der Waals surface area contributed by atoms with E-state index in [9.17, 15) is 14.3 Å². The average molecular weight is 697 g/mol. The first kappa shape index (κ1) is 33.5. The van der Waals surface area contributed by atoms with Crippen molar-refractivity contribution in [2.24, 2.45) is 11.3 Å². The number of nitrogens with zero attached hydrogens (tertiary/aromatic N) is 6. The van der Waals surface area contributed by atoms with Gasteiger partial charge in [0.1, 0.15) is 28.6 Å². The van der Waals surface area contributed by atoms with Crippen LogP contribution in [0.15, 0.2) is 30.5 Å². The summed E-state index contributed by atoms with van der Waals surface area (Å²) in [6.45, 7) is 8.00. The number of hydrogen-bond donors (Lipinski definition) is 1. The fourth-order valence-electron chi connectivity index (χ4n) is 8.94. The number of halogens is 2. The Kier molecular flexibility index (Phi) is 8.88. The number of phenols is 1. The number of amides is 1. The van der Waals surface area contributed by atoms with Gasteiger partial charge in [0.15, 0.2) is 5.82 Å². The molecule has 4 aliphatic rings. The smallest absolute Gasteiger partial charge is 0.319 e. The van der Waals surface area contributed by atoms with E-state index in [2.05, 4.69) is 25.7 Å². The molecule has 2 aromatic carbocycles. The van der Waals surface area contributed by atoms with Gasteiger partial charge < -0.3 is 24.4 Å². The molecule has 0 unspecified atom stereocenters. The van der Waals surface area contributed by atoms with Gasteiger partial charge in [0.05, 0.1) is 24.2 Å². The van der Waals surface area contributed by atoms with Crippen LogP contribution in [0.3, 0.4) is 0 Å². The maximum atomic E-state index is 16.9. The minimum atomic E-state index is -0.743. The molecule has 8 rings (SSSR count). The van der Waals surface area contributed by atoms with Crippen LogP contribution in [0.4, 0.5) is 14.6 Å². The second-order valence-electron chi connectivity index (χ2n) is 14.6. The number of fused-ring (bicyclic) bond motifs is 3. The first-order valence-electron chi connectivity index (χ1n) is 18.0. The Morgan fingerprint density at radius 1 is 1.12 bits per heavy atom. The first-order valence-corrected chi connectivity index (χ1v) is 18.0. The lowest BCUT2D eigenvalue weighted by atomic mass is 9.75. The molecule has 1 aliphatic carbocycles. The third-order valence-electron chi connectivity index (χ3n) is 11.4. The standard InChI is InChI=1S/C39H42F2N6O4/c1-3-28-31(40)9-8-26-17-27(49)18-29(33(26)28)35-34(41)36-30(19-42-35)37(45-13-6-15-50-16-14-45)44-38(43-36)51-23-39-10-4-7-32(39)46(12-5-11-39)20-25-21-47(22-25)24(2)48/h1,8-9,17-19,25,32,49H,4-7,10-16,20-23H2,2H3/t32-,39-/m1/s1. The van der Waals surface area contributed by atoms with Gasteiger partial charge in [-0.25, -0.2) is 8.78 Å². The van der Waals surface area contributed by atoms with Crippen molar-refractivity contribution in [3.05, 3.63) is 47.7 Å². The fraction of sp³-hybridized carbons (Fsp3) is 0.487. The number of aromatic nitrogens is 3. The SMILES string of the molecule is C#Cc1c(F)ccc2cc(O)cc(-c3ncc4c(N5CCCOCC5)nc(OC[C@]56CCC[C@H]5N(CC5CN(C(C)=O)C5)CCC6)nc4c3F)c12. The number of aromatic hydroxyl groups is 1. The van der Waals surface area contributed by atoms with Gasteiger partial charge in [-0.3, -0.25) is 14.7 Å². The summed E-state index contributed by atoms with van der Waals surface area (Å²) in [6.07, 6.45) is 13.3. The number of rotatable bonds is 7. The summed E-state index contributed by atoms with van der Waals surface area (Å²) >= 11 is 0. The van der Waals surface area contributed by atoms with Crippen molar-refractivity contribution < 1.29 is 28.2 Å². The number of ether oxygens (including phenoxy) is 2. The summed E-state index contributed by atoms with van der Waals surface area (Å²) in [4.78, 5) is 32.4. The number of carbonyl (C=O) groups is 1. The van der Waals surface area contributed by atoms with Gasteiger partial charge in [-0.2, -0.15) is 9.97 Å². The zero-order valence-corrected chi connectivity index (χ0v) is 28.8. The Hall–Kier alpha value is -4.60. The van der Waals surface area contributed by atoms with E-state index in [0.717, 1.165) is 64.7 Å². The zero-order chi connectivity index (χ0) is 35.3. The number of carbonyl (C=O) groups excluding carboxylic acids is 1. The molecule has 4 aromatic rings. The van der Waals surface area contributed by atoms with Gasteiger partial charge in [-0.05, 0) is 62.2 Å². The normalized spacial score (nSPS) is 22.8. The molecule has 3 aliphatic heterocycles. The second-order valence-corrected chi connectivity index (χ2v) is 14.6. The van der Waals surface area contributed by atoms with Gasteiger partial charge >= 0.3 is 6.01 Å². The number of benzene rings is 2. The van der Waals surface area contributed by atoms with Crippen LogP contribution in [-0.4, -0.2) is 101 Å². The topological polar surface area (TPSA) is 104 Å². The molecule has 0 radical (unpaired) electrons. The molecule has 0 spiro atoms. The molecule has 1 N–H and O–H groups in total. The number of likely N-dealkylation sites (tertiary alicyclic amines) is 2. The van der Waals surface area contributed by atoms with Gasteiger partial charge in [0, 0.05) is 80.8 Å². The Balaban J connectivity index is 1.16. The summed E-state index contributed by atoms with van der Waals surface area (Å²) in [5, 5.41) is 11.8. The van der Waals surface area contributed by atoms with E-state index >= 15 is 4.39 Å².